The second-order valence-electron chi connectivity index (χ2n) is 37.2. The second kappa shape index (κ2) is 39.0. The van der Waals surface area contributed by atoms with Gasteiger partial charge in [0.1, 0.15) is 23.1 Å². The number of H-pyrrole nitrogens is 1. The van der Waals surface area contributed by atoms with Crippen molar-refractivity contribution in [1.29, 1.82) is 0 Å². The van der Waals surface area contributed by atoms with Crippen molar-refractivity contribution in [3.8, 4) is 5.69 Å². The van der Waals surface area contributed by atoms with E-state index < -0.39 is 0 Å². The first-order valence-electron chi connectivity index (χ1n) is 39.3. The number of benzene rings is 7. The summed E-state index contributed by atoms with van der Waals surface area (Å²) >= 11 is 0. The molecule has 0 spiro atoms. The molecule has 1 aliphatic carbocycles. The summed E-state index contributed by atoms with van der Waals surface area (Å²) in [4.78, 5) is 87.5. The number of carbonyl (C=O) groups excluding carboxylic acids is 7. The summed E-state index contributed by atoms with van der Waals surface area (Å²) in [5, 5.41) is 4.49. The fraction of sp³-hybridized carbons (Fsp3) is 0.444. The van der Waals surface area contributed by atoms with Crippen molar-refractivity contribution in [3.05, 3.63) is 246 Å². The molecule has 0 amide bonds. The lowest BCUT2D eigenvalue weighted by molar-refractivity contribution is -0.129. The van der Waals surface area contributed by atoms with Crippen LogP contribution in [0.1, 0.15) is 270 Å². The Morgan fingerprint density at radius 1 is 0.422 bits per heavy atom. The molecule has 0 aliphatic heterocycles. The Bertz CT molecular complexity index is 4540. The van der Waals surface area contributed by atoms with E-state index in [9.17, 15) is 33.6 Å². The molecule has 1 fully saturated rings. The maximum atomic E-state index is 12.8. The first kappa shape index (κ1) is 90.5. The number of Topliss-reactive ketones (excluding diaryl/α,β-unsaturated/α-hetero) is 7. The lowest BCUT2D eigenvalue weighted by Crippen LogP contribution is -2.30. The molecule has 584 valence electrons. The Morgan fingerprint density at radius 3 is 1.37 bits per heavy atom. The summed E-state index contributed by atoms with van der Waals surface area (Å²) in [6.07, 6.45) is 12.3. The van der Waals surface area contributed by atoms with E-state index in [4.69, 9.17) is 0 Å². The Labute approximate surface area is 655 Å². The minimum atomic E-state index is -0.332. The lowest BCUT2D eigenvalue weighted by Gasteiger charge is -2.29. The smallest absolute Gasteiger partial charge is 0.184 e. The van der Waals surface area contributed by atoms with E-state index in [-0.39, 0.29) is 67.1 Å². The van der Waals surface area contributed by atoms with Crippen molar-refractivity contribution in [3.63, 3.8) is 0 Å². The van der Waals surface area contributed by atoms with Crippen molar-refractivity contribution in [2.75, 3.05) is 0 Å². The number of aromatic amines is 1. The average molecular weight is 1480 g/mol. The van der Waals surface area contributed by atoms with Crippen LogP contribution in [-0.2, 0) is 25.7 Å². The summed E-state index contributed by atoms with van der Waals surface area (Å²) in [5.41, 5.74) is 8.53. The Hall–Kier alpha value is -9.15. The van der Waals surface area contributed by atoms with Gasteiger partial charge in [0.15, 0.2) is 17.3 Å². The number of fused-ring (bicyclic) bond motifs is 3. The van der Waals surface area contributed by atoms with Crippen molar-refractivity contribution >= 4 is 73.1 Å². The van der Waals surface area contributed by atoms with Gasteiger partial charge in [0.25, 0.3) is 0 Å². The molecule has 2 unspecified atom stereocenters. The molecule has 10 aromatic rings. The second-order valence-corrected chi connectivity index (χ2v) is 37.2. The van der Waals surface area contributed by atoms with Gasteiger partial charge in [-0.1, -0.05) is 318 Å². The third-order valence-corrected chi connectivity index (χ3v) is 19.5. The molecule has 1 N–H and O–H groups in total. The predicted octanol–water partition coefficient (Wildman–Crippen LogP) is 26.1. The largest absolute Gasteiger partial charge is 0.352 e. The maximum Gasteiger partial charge on any atom is 0.184 e. The molecule has 0 bridgehead atoms. The van der Waals surface area contributed by atoms with Crippen molar-refractivity contribution in [2.24, 2.45) is 49.7 Å². The average Bonchev–Trinajstić information content (AvgIpc) is 1.52. The van der Waals surface area contributed by atoms with Crippen LogP contribution in [-0.4, -0.2) is 54.6 Å². The van der Waals surface area contributed by atoms with Gasteiger partial charge in [-0.05, 0) is 126 Å². The molecular weight excluding hydrogens is 1340 g/mol. The van der Waals surface area contributed by atoms with Gasteiger partial charge >= 0.3 is 0 Å². The van der Waals surface area contributed by atoms with E-state index >= 15 is 0 Å². The maximum absolute atomic E-state index is 12.8. The summed E-state index contributed by atoms with van der Waals surface area (Å²) in [5.74, 6) is 3.04. The highest BCUT2D eigenvalue weighted by molar-refractivity contribution is 6.10. The molecule has 109 heavy (non-hydrogen) atoms. The molecule has 2 atom stereocenters. The summed E-state index contributed by atoms with van der Waals surface area (Å²) < 4.78 is 4.17. The first-order chi connectivity index (χ1) is 50.5. The van der Waals surface area contributed by atoms with Gasteiger partial charge in [0, 0.05) is 121 Å². The Balaban J connectivity index is 0.000000229. The third kappa shape index (κ3) is 28.0. The van der Waals surface area contributed by atoms with Crippen LogP contribution in [0.2, 0.25) is 0 Å². The number of nitrogens with one attached hydrogen (secondary N) is 1. The molecule has 0 saturated heterocycles. The SMILES string of the molecule is CC(C)(C)C(=O)CCn1ccc2ccccc21.CC(C)(C)C(=O)c1cc2ccccc2[nH]1.CC(C)(C)C(=O)c1ccc(-n2cccc2)cc1.CC(C)(C)C(=O)c1cccc2ccccc12.CC(C)CC(=O)C(C)(C)C.Cc1ccc(C(C(=O)C(C)(C)C)C2CCCC2)cc1.Cc1ccc(C(C)C(=O)C(C)(C)C)cc1. The van der Waals surface area contributed by atoms with E-state index in [1.165, 1.54) is 53.3 Å². The van der Waals surface area contributed by atoms with Crippen LogP contribution in [0.3, 0.4) is 0 Å². The highest BCUT2D eigenvalue weighted by Crippen LogP contribution is 2.42. The molecule has 1 saturated carbocycles. The van der Waals surface area contributed by atoms with Gasteiger partial charge in [-0.2, -0.15) is 0 Å². The number of aromatic nitrogens is 3. The number of rotatable bonds is 14. The van der Waals surface area contributed by atoms with Crippen LogP contribution < -0.4 is 0 Å². The predicted molar refractivity (Wildman–Crippen MR) is 459 cm³/mol. The molecule has 3 aromatic heterocycles. The van der Waals surface area contributed by atoms with Crippen LogP contribution in [0.25, 0.3) is 38.3 Å². The fourth-order valence-corrected chi connectivity index (χ4v) is 12.6. The molecule has 3 heterocycles. The summed E-state index contributed by atoms with van der Waals surface area (Å²) in [7, 11) is 0. The summed E-state index contributed by atoms with van der Waals surface area (Å²) in [6, 6.07) is 62.6. The van der Waals surface area contributed by atoms with Crippen LogP contribution in [0.4, 0.5) is 0 Å². The van der Waals surface area contributed by atoms with Gasteiger partial charge < -0.3 is 14.1 Å². The van der Waals surface area contributed by atoms with Gasteiger partial charge in [0.05, 0.1) is 5.69 Å². The van der Waals surface area contributed by atoms with Crippen LogP contribution >= 0.6 is 0 Å². The van der Waals surface area contributed by atoms with Gasteiger partial charge in [-0.15, -0.1) is 0 Å². The monoisotopic (exact) mass is 1470 g/mol. The minimum absolute atomic E-state index is 0.00870. The third-order valence-electron chi connectivity index (χ3n) is 19.5. The quantitative estimate of drug-likeness (QED) is 0.107. The zero-order valence-electron chi connectivity index (χ0n) is 71.1. The Morgan fingerprint density at radius 2 is 0.890 bits per heavy atom. The number of nitrogens with zero attached hydrogens (tertiary/aromatic N) is 2. The number of aryl methyl sites for hydroxylation is 3. The van der Waals surface area contributed by atoms with Crippen molar-refractivity contribution in [2.45, 2.75) is 237 Å². The minimum Gasteiger partial charge on any atom is -0.352 e. The van der Waals surface area contributed by atoms with Crippen LogP contribution in [0, 0.1) is 63.6 Å². The Kier molecular flexibility index (Phi) is 32.3. The van der Waals surface area contributed by atoms with Crippen molar-refractivity contribution < 1.29 is 33.6 Å². The number of carbonyl (C=O) groups is 7. The lowest BCUT2D eigenvalue weighted by atomic mass is 9.73. The standard InChI is InChI=1S/C18H26O.C15H17NO.C15H19NO.C15H16O.C14H20O.C13H15NO.C9H18O/c1-13-9-11-15(12-10-13)16(14-7-5-6-8-14)17(19)18(2,3)4;1-15(2,3)14(17)12-6-8-13(9-7-12)16-10-4-5-11-16;1-15(2,3)14(17)9-11-16-10-8-12-6-4-5-7-13(12)16;1-15(2,3)14(16)13-10-6-8-11-7-4-5-9-12(11)13;1-10-6-8-12(9-7-10)11(2)13(15)14(3,4)5;1-13(2,3)12(15)11-8-9-6-4-5-7-10(9)14-11;1-7(2)6-8(10)9(3,4)5/h9-12,14,16H,5-8H2,1-4H3;4-11H,1-3H3;4-8,10H,9,11H2,1-3H3;4-10H,1-3H3;6-9,11H,1-5H3;4-8,14H,1-3H3;7H,6H2,1-5H3. The highest BCUT2D eigenvalue weighted by Gasteiger charge is 2.38. The molecule has 7 aromatic carbocycles. The van der Waals surface area contributed by atoms with Gasteiger partial charge in [-0.3, -0.25) is 33.6 Å². The van der Waals surface area contributed by atoms with E-state index in [0.29, 0.717) is 53.5 Å². The zero-order chi connectivity index (χ0) is 81.8. The molecule has 0 radical (unpaired) electrons. The molecule has 1 aliphatic rings. The molecule has 11 rings (SSSR count). The fourth-order valence-electron chi connectivity index (χ4n) is 12.6. The molecule has 10 nitrogen and oxygen atoms in total. The summed E-state index contributed by atoms with van der Waals surface area (Å²) in [6.45, 7) is 52.4. The van der Waals surface area contributed by atoms with E-state index in [2.05, 4.69) is 98.0 Å². The molecule has 10 heteroatoms. The van der Waals surface area contributed by atoms with Crippen LogP contribution in [0.5, 0.6) is 0 Å². The van der Waals surface area contributed by atoms with E-state index in [1.54, 1.807) is 0 Å². The van der Waals surface area contributed by atoms with Gasteiger partial charge in [-0.25, -0.2) is 0 Å². The van der Waals surface area contributed by atoms with Crippen LogP contribution in [0.15, 0.2) is 207 Å². The van der Waals surface area contributed by atoms with Gasteiger partial charge in [0.2, 0.25) is 0 Å². The van der Waals surface area contributed by atoms with E-state index in [0.717, 1.165) is 50.6 Å². The van der Waals surface area contributed by atoms with Crippen molar-refractivity contribution in [1.82, 2.24) is 14.1 Å². The number of hydrogen-bond donors (Lipinski definition) is 1. The first-order valence-corrected chi connectivity index (χ1v) is 39.3. The highest BCUT2D eigenvalue weighted by atomic mass is 16.2. The number of para-hydroxylation sites is 2. The zero-order valence-corrected chi connectivity index (χ0v) is 71.1. The van der Waals surface area contributed by atoms with E-state index in [1.807, 2.05) is 303 Å². The number of ketones is 7. The normalized spacial score (nSPS) is 13.2. The number of hydrogen-bond acceptors (Lipinski definition) is 7. The molecular formula is C99H131N3O7. The topological polar surface area (TPSA) is 145 Å².